The normalized spacial score (nSPS) is 29.3. The zero-order valence-corrected chi connectivity index (χ0v) is 3.76. The lowest BCUT2D eigenvalue weighted by atomic mass is 10.4. The fraction of sp³-hybridized carbons (Fsp3) is 0.667. The second-order valence-corrected chi connectivity index (χ2v) is 1.45. The standard InChI is InChI=1S/C3H7N3O/c4-2-1-3(7)6-5-2/h3,6-7H,1H2,(H2,4,5). The summed E-state index contributed by atoms with van der Waals surface area (Å²) in [7, 11) is 0. The van der Waals surface area contributed by atoms with Gasteiger partial charge >= 0.3 is 0 Å². The predicted molar refractivity (Wildman–Crippen MR) is 25.4 cm³/mol. The van der Waals surface area contributed by atoms with Crippen LogP contribution in [0.25, 0.3) is 0 Å². The molecule has 0 amide bonds. The number of hydrogen-bond donors (Lipinski definition) is 3. The Balaban J connectivity index is 2.42. The zero-order chi connectivity index (χ0) is 5.28. The molecule has 7 heavy (non-hydrogen) atoms. The summed E-state index contributed by atoms with van der Waals surface area (Å²) in [4.78, 5) is 0. The van der Waals surface area contributed by atoms with E-state index in [9.17, 15) is 0 Å². The highest BCUT2D eigenvalue weighted by Crippen LogP contribution is 1.92. The van der Waals surface area contributed by atoms with Crippen LogP contribution in [-0.2, 0) is 0 Å². The highest BCUT2D eigenvalue weighted by atomic mass is 16.3. The number of hydrogen-bond acceptors (Lipinski definition) is 4. The summed E-state index contributed by atoms with van der Waals surface area (Å²) < 4.78 is 0. The third-order valence-electron chi connectivity index (χ3n) is 0.760. The van der Waals surface area contributed by atoms with Gasteiger partial charge in [0, 0.05) is 0 Å². The van der Waals surface area contributed by atoms with Gasteiger partial charge < -0.3 is 10.8 Å². The summed E-state index contributed by atoms with van der Waals surface area (Å²) in [6.07, 6.45) is -0.111. The van der Waals surface area contributed by atoms with E-state index in [2.05, 4.69) is 10.5 Å². The van der Waals surface area contributed by atoms with E-state index in [1.54, 1.807) is 0 Å². The minimum atomic E-state index is -0.556. The van der Waals surface area contributed by atoms with Crippen LogP contribution in [0.15, 0.2) is 5.10 Å². The van der Waals surface area contributed by atoms with Gasteiger partial charge in [-0.25, -0.2) is 0 Å². The Labute approximate surface area is 41.0 Å². The van der Waals surface area contributed by atoms with Crippen molar-refractivity contribution in [2.45, 2.75) is 12.6 Å². The van der Waals surface area contributed by atoms with Gasteiger partial charge in [0.2, 0.25) is 0 Å². The molecule has 1 rings (SSSR count). The van der Waals surface area contributed by atoms with Crippen LogP contribution in [0.4, 0.5) is 0 Å². The maximum atomic E-state index is 8.59. The van der Waals surface area contributed by atoms with Gasteiger partial charge in [-0.1, -0.05) is 0 Å². The highest BCUT2D eigenvalue weighted by Gasteiger charge is 2.10. The summed E-state index contributed by atoms with van der Waals surface area (Å²) in [5.74, 6) is 0.465. The molecule has 1 aliphatic rings. The van der Waals surface area contributed by atoms with Crippen LogP contribution in [0.1, 0.15) is 6.42 Å². The zero-order valence-electron chi connectivity index (χ0n) is 3.76. The van der Waals surface area contributed by atoms with Gasteiger partial charge in [-0.2, -0.15) is 5.10 Å². The van der Waals surface area contributed by atoms with Gasteiger partial charge in [0.15, 0.2) is 0 Å². The lowest BCUT2D eigenvalue weighted by Crippen LogP contribution is -2.18. The number of amidine groups is 1. The lowest BCUT2D eigenvalue weighted by Gasteiger charge is -1.94. The highest BCUT2D eigenvalue weighted by molar-refractivity contribution is 5.81. The van der Waals surface area contributed by atoms with Crippen molar-refractivity contribution in [3.8, 4) is 0 Å². The van der Waals surface area contributed by atoms with Crippen molar-refractivity contribution in [3.05, 3.63) is 0 Å². The van der Waals surface area contributed by atoms with Gasteiger partial charge in [0.05, 0.1) is 6.42 Å². The van der Waals surface area contributed by atoms with E-state index in [4.69, 9.17) is 10.8 Å². The maximum absolute atomic E-state index is 8.59. The van der Waals surface area contributed by atoms with Gasteiger partial charge in [-0.05, 0) is 0 Å². The molecule has 1 unspecified atom stereocenters. The van der Waals surface area contributed by atoms with Gasteiger partial charge in [0.25, 0.3) is 0 Å². The van der Waals surface area contributed by atoms with Crippen LogP contribution >= 0.6 is 0 Å². The van der Waals surface area contributed by atoms with Crippen LogP contribution in [0.3, 0.4) is 0 Å². The van der Waals surface area contributed by atoms with Crippen LogP contribution in [0.2, 0.25) is 0 Å². The molecule has 0 aromatic heterocycles. The number of hydrazone groups is 1. The van der Waals surface area contributed by atoms with E-state index in [1.165, 1.54) is 0 Å². The number of nitrogens with two attached hydrogens (primary N) is 1. The summed E-state index contributed by atoms with van der Waals surface area (Å²) >= 11 is 0. The van der Waals surface area contributed by atoms with E-state index >= 15 is 0 Å². The van der Waals surface area contributed by atoms with E-state index in [0.717, 1.165) is 0 Å². The predicted octanol–water partition coefficient (Wildman–Crippen LogP) is -1.43. The van der Waals surface area contributed by atoms with Crippen molar-refractivity contribution in [2.24, 2.45) is 10.8 Å². The first kappa shape index (κ1) is 4.39. The van der Waals surface area contributed by atoms with Crippen molar-refractivity contribution in [1.29, 1.82) is 0 Å². The molecule has 40 valence electrons. The van der Waals surface area contributed by atoms with Crippen LogP contribution in [0.5, 0.6) is 0 Å². The second kappa shape index (κ2) is 1.38. The van der Waals surface area contributed by atoms with E-state index in [-0.39, 0.29) is 0 Å². The Morgan fingerprint density at radius 1 is 2.00 bits per heavy atom. The Bertz CT molecular complexity index is 100. The third-order valence-corrected chi connectivity index (χ3v) is 0.760. The molecule has 0 aliphatic carbocycles. The number of rotatable bonds is 0. The van der Waals surface area contributed by atoms with E-state index in [0.29, 0.717) is 12.3 Å². The molecule has 0 aromatic rings. The van der Waals surface area contributed by atoms with Crippen LogP contribution in [0, 0.1) is 0 Å². The Hall–Kier alpha value is -0.770. The molecule has 0 bridgehead atoms. The van der Waals surface area contributed by atoms with Crippen molar-refractivity contribution < 1.29 is 5.11 Å². The third kappa shape index (κ3) is 0.806. The quantitative estimate of drug-likeness (QED) is 0.350. The fourth-order valence-corrected chi connectivity index (χ4v) is 0.447. The second-order valence-electron chi connectivity index (χ2n) is 1.45. The molecule has 0 aromatic carbocycles. The van der Waals surface area contributed by atoms with Crippen molar-refractivity contribution >= 4 is 5.84 Å². The number of nitrogens with one attached hydrogen (secondary N) is 1. The minimum Gasteiger partial charge on any atom is -0.386 e. The molecule has 0 fully saturated rings. The van der Waals surface area contributed by atoms with Crippen molar-refractivity contribution in [1.82, 2.24) is 5.43 Å². The number of nitrogens with zero attached hydrogens (tertiary/aromatic N) is 1. The van der Waals surface area contributed by atoms with E-state index in [1.807, 2.05) is 0 Å². The smallest absolute Gasteiger partial charge is 0.146 e. The van der Waals surface area contributed by atoms with Gasteiger partial charge in [0.1, 0.15) is 12.1 Å². The molecule has 4 nitrogen and oxygen atoms in total. The first-order valence-corrected chi connectivity index (χ1v) is 2.04. The molecule has 1 heterocycles. The monoisotopic (exact) mass is 101 g/mol. The molecule has 4 heteroatoms. The number of aliphatic hydroxyl groups is 1. The molecule has 1 aliphatic heterocycles. The SMILES string of the molecule is NC1=NNC(O)C1. The summed E-state index contributed by atoms with van der Waals surface area (Å²) in [5, 5.41) is 12.1. The minimum absolute atomic E-state index is 0.444. The molecule has 4 N–H and O–H groups in total. The lowest BCUT2D eigenvalue weighted by molar-refractivity contribution is 0.158. The first-order chi connectivity index (χ1) is 3.29. The average molecular weight is 101 g/mol. The maximum Gasteiger partial charge on any atom is 0.146 e. The molecule has 0 saturated heterocycles. The topological polar surface area (TPSA) is 70.6 Å². The first-order valence-electron chi connectivity index (χ1n) is 2.04. The van der Waals surface area contributed by atoms with Crippen molar-refractivity contribution in [3.63, 3.8) is 0 Å². The number of aliphatic hydroxyl groups excluding tert-OH is 1. The van der Waals surface area contributed by atoms with Gasteiger partial charge in [-0.3, -0.25) is 5.43 Å². The van der Waals surface area contributed by atoms with Crippen molar-refractivity contribution in [2.75, 3.05) is 0 Å². The Morgan fingerprint density at radius 3 is 2.86 bits per heavy atom. The molecule has 0 saturated carbocycles. The summed E-state index contributed by atoms with van der Waals surface area (Å²) in [5.41, 5.74) is 7.54. The molecule has 0 radical (unpaired) electrons. The summed E-state index contributed by atoms with van der Waals surface area (Å²) in [6, 6.07) is 0. The Kier molecular flexibility index (Phi) is 0.867. The van der Waals surface area contributed by atoms with Crippen LogP contribution in [-0.4, -0.2) is 17.2 Å². The molecular formula is C3H7N3O. The van der Waals surface area contributed by atoms with Crippen LogP contribution < -0.4 is 11.2 Å². The molecule has 0 spiro atoms. The molecular weight excluding hydrogens is 94.1 g/mol. The van der Waals surface area contributed by atoms with Gasteiger partial charge in [-0.15, -0.1) is 0 Å². The fourth-order valence-electron chi connectivity index (χ4n) is 0.447. The summed E-state index contributed by atoms with van der Waals surface area (Å²) in [6.45, 7) is 0. The molecule has 1 atom stereocenters. The average Bonchev–Trinajstić information content (AvgIpc) is 1.87. The Morgan fingerprint density at radius 2 is 2.71 bits per heavy atom. The van der Waals surface area contributed by atoms with E-state index < -0.39 is 6.23 Å². The largest absolute Gasteiger partial charge is 0.386 e.